The molecule has 13 heavy (non-hydrogen) atoms. The summed E-state index contributed by atoms with van der Waals surface area (Å²) in [6, 6.07) is -0.0869. The van der Waals surface area contributed by atoms with Gasteiger partial charge in [-0.05, 0) is 31.7 Å². The Morgan fingerprint density at radius 2 is 2.23 bits per heavy atom. The zero-order valence-electron chi connectivity index (χ0n) is 8.67. The minimum absolute atomic E-state index is 0.0869. The first-order chi connectivity index (χ1) is 6.15. The van der Waals surface area contributed by atoms with Crippen LogP contribution in [0.25, 0.3) is 0 Å². The SMILES string of the molecule is CCOC(=O)C1NCC(C)CC1C. The number of piperidine rings is 1. The molecule has 3 unspecified atom stereocenters. The van der Waals surface area contributed by atoms with Crippen LogP contribution in [0.15, 0.2) is 0 Å². The lowest BCUT2D eigenvalue weighted by atomic mass is 9.87. The van der Waals surface area contributed by atoms with Gasteiger partial charge in [0.25, 0.3) is 0 Å². The van der Waals surface area contributed by atoms with Crippen LogP contribution < -0.4 is 5.32 Å². The van der Waals surface area contributed by atoms with Crippen LogP contribution in [-0.4, -0.2) is 25.2 Å². The molecule has 0 spiro atoms. The van der Waals surface area contributed by atoms with Crippen molar-refractivity contribution in [2.75, 3.05) is 13.2 Å². The third-order valence-corrected chi connectivity index (χ3v) is 2.57. The van der Waals surface area contributed by atoms with Gasteiger partial charge in [-0.1, -0.05) is 13.8 Å². The van der Waals surface area contributed by atoms with Gasteiger partial charge in [0.1, 0.15) is 6.04 Å². The summed E-state index contributed by atoms with van der Waals surface area (Å²) in [6.45, 7) is 7.54. The van der Waals surface area contributed by atoms with Gasteiger partial charge in [-0.25, -0.2) is 0 Å². The van der Waals surface area contributed by atoms with Crippen molar-refractivity contribution < 1.29 is 9.53 Å². The van der Waals surface area contributed by atoms with Crippen LogP contribution in [0, 0.1) is 11.8 Å². The van der Waals surface area contributed by atoms with E-state index < -0.39 is 0 Å². The maximum absolute atomic E-state index is 11.4. The van der Waals surface area contributed by atoms with E-state index in [1.807, 2.05) is 6.92 Å². The van der Waals surface area contributed by atoms with E-state index in [1.54, 1.807) is 0 Å². The maximum atomic E-state index is 11.4. The maximum Gasteiger partial charge on any atom is 0.323 e. The molecule has 76 valence electrons. The largest absolute Gasteiger partial charge is 0.465 e. The first-order valence-corrected chi connectivity index (χ1v) is 5.05. The van der Waals surface area contributed by atoms with E-state index in [9.17, 15) is 4.79 Å². The fourth-order valence-corrected chi connectivity index (χ4v) is 1.93. The zero-order valence-corrected chi connectivity index (χ0v) is 8.67. The molecule has 0 aromatic rings. The summed E-state index contributed by atoms with van der Waals surface area (Å²) in [5, 5.41) is 3.23. The highest BCUT2D eigenvalue weighted by molar-refractivity contribution is 5.76. The average molecular weight is 185 g/mol. The topological polar surface area (TPSA) is 38.3 Å². The highest BCUT2D eigenvalue weighted by atomic mass is 16.5. The molecule has 1 heterocycles. The Hall–Kier alpha value is -0.570. The average Bonchev–Trinajstić information content (AvgIpc) is 2.04. The number of carbonyl (C=O) groups is 1. The van der Waals surface area contributed by atoms with Gasteiger partial charge in [0.2, 0.25) is 0 Å². The van der Waals surface area contributed by atoms with Crippen molar-refractivity contribution in [2.24, 2.45) is 11.8 Å². The first-order valence-electron chi connectivity index (χ1n) is 5.05. The highest BCUT2D eigenvalue weighted by Crippen LogP contribution is 2.20. The van der Waals surface area contributed by atoms with Crippen LogP contribution in [0.1, 0.15) is 27.2 Å². The van der Waals surface area contributed by atoms with Gasteiger partial charge in [-0.2, -0.15) is 0 Å². The second-order valence-electron chi connectivity index (χ2n) is 3.96. The lowest BCUT2D eigenvalue weighted by Crippen LogP contribution is -2.49. The molecule has 3 heteroatoms. The lowest BCUT2D eigenvalue weighted by Gasteiger charge is -2.31. The van der Waals surface area contributed by atoms with Crippen molar-refractivity contribution in [2.45, 2.75) is 33.2 Å². The molecule has 1 saturated heterocycles. The number of nitrogens with one attached hydrogen (secondary N) is 1. The molecule has 0 saturated carbocycles. The summed E-state index contributed by atoms with van der Waals surface area (Å²) in [5.41, 5.74) is 0. The van der Waals surface area contributed by atoms with Gasteiger partial charge in [0.15, 0.2) is 0 Å². The van der Waals surface area contributed by atoms with Crippen LogP contribution in [0.2, 0.25) is 0 Å². The van der Waals surface area contributed by atoms with E-state index in [1.165, 1.54) is 0 Å². The van der Waals surface area contributed by atoms with E-state index in [4.69, 9.17) is 4.74 Å². The van der Waals surface area contributed by atoms with E-state index in [2.05, 4.69) is 19.2 Å². The van der Waals surface area contributed by atoms with Crippen LogP contribution in [0.5, 0.6) is 0 Å². The third kappa shape index (κ3) is 2.69. The van der Waals surface area contributed by atoms with Crippen molar-refractivity contribution in [1.29, 1.82) is 0 Å². The number of hydrogen-bond acceptors (Lipinski definition) is 3. The van der Waals surface area contributed by atoms with Gasteiger partial charge < -0.3 is 10.1 Å². The molecule has 0 bridgehead atoms. The van der Waals surface area contributed by atoms with Gasteiger partial charge in [0, 0.05) is 0 Å². The van der Waals surface area contributed by atoms with Gasteiger partial charge >= 0.3 is 5.97 Å². The molecule has 1 aliphatic rings. The molecule has 0 radical (unpaired) electrons. The van der Waals surface area contributed by atoms with Crippen LogP contribution >= 0.6 is 0 Å². The zero-order chi connectivity index (χ0) is 9.84. The standard InChI is InChI=1S/C10H19NO2/c1-4-13-10(12)9-8(3)5-7(2)6-11-9/h7-9,11H,4-6H2,1-3H3. The number of esters is 1. The molecule has 1 fully saturated rings. The van der Waals surface area contributed by atoms with Crippen LogP contribution in [-0.2, 0) is 9.53 Å². The quantitative estimate of drug-likeness (QED) is 0.657. The predicted molar refractivity (Wildman–Crippen MR) is 51.4 cm³/mol. The molecule has 3 nitrogen and oxygen atoms in total. The monoisotopic (exact) mass is 185 g/mol. The van der Waals surface area contributed by atoms with E-state index in [0.717, 1.165) is 13.0 Å². The molecule has 0 aromatic heterocycles. The Morgan fingerprint density at radius 3 is 2.77 bits per heavy atom. The predicted octanol–water partition coefficient (Wildman–Crippen LogP) is 1.18. The lowest BCUT2D eigenvalue weighted by molar-refractivity contribution is -0.147. The van der Waals surface area contributed by atoms with E-state index in [0.29, 0.717) is 18.4 Å². The number of rotatable bonds is 2. The molecule has 1 N–H and O–H groups in total. The molecular formula is C10H19NO2. The summed E-state index contributed by atoms with van der Waals surface area (Å²) >= 11 is 0. The second-order valence-corrected chi connectivity index (χ2v) is 3.96. The Morgan fingerprint density at radius 1 is 1.54 bits per heavy atom. The molecule has 3 atom stereocenters. The summed E-state index contributed by atoms with van der Waals surface area (Å²) in [5.74, 6) is 0.963. The van der Waals surface area contributed by atoms with Gasteiger partial charge in [-0.15, -0.1) is 0 Å². The number of hydrogen-bond donors (Lipinski definition) is 1. The van der Waals surface area contributed by atoms with E-state index in [-0.39, 0.29) is 12.0 Å². The Bertz CT molecular complexity index is 182. The smallest absolute Gasteiger partial charge is 0.323 e. The number of carbonyl (C=O) groups excluding carboxylic acids is 1. The summed E-state index contributed by atoms with van der Waals surface area (Å²) in [7, 11) is 0. The van der Waals surface area contributed by atoms with Gasteiger partial charge in [0.05, 0.1) is 6.61 Å². The molecule has 1 rings (SSSR count). The fraction of sp³-hybridized carbons (Fsp3) is 0.900. The summed E-state index contributed by atoms with van der Waals surface area (Å²) in [4.78, 5) is 11.4. The Balaban J connectivity index is 2.45. The molecular weight excluding hydrogens is 166 g/mol. The molecule has 0 aliphatic carbocycles. The Labute approximate surface area is 79.8 Å². The summed E-state index contributed by atoms with van der Waals surface area (Å²) in [6.07, 6.45) is 1.11. The second kappa shape index (κ2) is 4.61. The van der Waals surface area contributed by atoms with Crippen molar-refractivity contribution in [3.05, 3.63) is 0 Å². The summed E-state index contributed by atoms with van der Waals surface area (Å²) < 4.78 is 4.99. The highest BCUT2D eigenvalue weighted by Gasteiger charge is 2.30. The minimum atomic E-state index is -0.0955. The Kier molecular flexibility index (Phi) is 3.72. The first kappa shape index (κ1) is 10.5. The van der Waals surface area contributed by atoms with E-state index >= 15 is 0 Å². The normalized spacial score (nSPS) is 34.2. The van der Waals surface area contributed by atoms with Gasteiger partial charge in [-0.3, -0.25) is 4.79 Å². The van der Waals surface area contributed by atoms with Crippen LogP contribution in [0.4, 0.5) is 0 Å². The molecule has 0 amide bonds. The van der Waals surface area contributed by atoms with Crippen molar-refractivity contribution in [1.82, 2.24) is 5.32 Å². The molecule has 0 aromatic carbocycles. The third-order valence-electron chi connectivity index (χ3n) is 2.57. The minimum Gasteiger partial charge on any atom is -0.465 e. The number of ether oxygens (including phenoxy) is 1. The van der Waals surface area contributed by atoms with Crippen molar-refractivity contribution >= 4 is 5.97 Å². The fourth-order valence-electron chi connectivity index (χ4n) is 1.93. The molecule has 1 aliphatic heterocycles. The van der Waals surface area contributed by atoms with Crippen LogP contribution in [0.3, 0.4) is 0 Å². The van der Waals surface area contributed by atoms with Crippen molar-refractivity contribution in [3.8, 4) is 0 Å². The van der Waals surface area contributed by atoms with Crippen molar-refractivity contribution in [3.63, 3.8) is 0 Å².